The van der Waals surface area contributed by atoms with Gasteiger partial charge in [-0.2, -0.15) is 0 Å². The Kier molecular flexibility index (Phi) is 7.02. The van der Waals surface area contributed by atoms with Crippen molar-refractivity contribution in [3.63, 3.8) is 0 Å². The minimum Gasteiger partial charge on any atom is -0.292 e. The van der Waals surface area contributed by atoms with Crippen LogP contribution >= 0.6 is 0 Å². The van der Waals surface area contributed by atoms with Crippen molar-refractivity contribution < 1.29 is 0 Å². The summed E-state index contributed by atoms with van der Waals surface area (Å²) in [5.74, 6) is 0.835. The van der Waals surface area contributed by atoms with Gasteiger partial charge in [0.2, 0.25) is 0 Å². The molecule has 5 aromatic heterocycles. The molecule has 6 nitrogen and oxygen atoms in total. The van der Waals surface area contributed by atoms with Gasteiger partial charge < -0.3 is 0 Å². The van der Waals surface area contributed by atoms with Gasteiger partial charge >= 0.3 is 0 Å². The number of rotatable bonds is 6. The number of nitrogens with zero attached hydrogens (tertiary/aromatic N) is 6. The Labute approximate surface area is 283 Å². The summed E-state index contributed by atoms with van der Waals surface area (Å²) in [5, 5.41) is 2.09. The van der Waals surface area contributed by atoms with E-state index in [1.807, 2.05) is 66.7 Å². The lowest BCUT2D eigenvalue weighted by Gasteiger charge is -2.17. The summed E-state index contributed by atoms with van der Waals surface area (Å²) in [5.41, 5.74) is 10.7. The van der Waals surface area contributed by atoms with E-state index in [1.165, 1.54) is 0 Å². The second kappa shape index (κ2) is 12.1. The predicted molar refractivity (Wildman–Crippen MR) is 197 cm³/mol. The number of para-hydroxylation sites is 1. The molecule has 6 heteroatoms. The second-order valence-corrected chi connectivity index (χ2v) is 11.7. The largest absolute Gasteiger partial charge is 0.292 e. The van der Waals surface area contributed by atoms with Gasteiger partial charge in [-0.15, -0.1) is 0 Å². The zero-order chi connectivity index (χ0) is 32.6. The Hall–Kier alpha value is -6.79. The molecule has 0 atom stereocenters. The quantitative estimate of drug-likeness (QED) is 0.183. The van der Waals surface area contributed by atoms with Gasteiger partial charge in [0, 0.05) is 34.8 Å². The van der Waals surface area contributed by atoms with Crippen molar-refractivity contribution >= 4 is 21.8 Å². The highest BCUT2D eigenvalue weighted by molar-refractivity contribution is 6.19. The lowest BCUT2D eigenvalue weighted by Crippen LogP contribution is -2.00. The van der Waals surface area contributed by atoms with E-state index in [0.29, 0.717) is 0 Å². The van der Waals surface area contributed by atoms with Crippen molar-refractivity contribution in [1.29, 1.82) is 0 Å². The monoisotopic (exact) mass is 628 g/mol. The smallest absolute Gasteiger partial charge is 0.145 e. The molecule has 230 valence electrons. The van der Waals surface area contributed by atoms with E-state index in [1.54, 1.807) is 12.4 Å². The van der Waals surface area contributed by atoms with E-state index in [4.69, 9.17) is 15.0 Å². The number of imidazole rings is 1. The first-order chi connectivity index (χ1) is 24.3. The van der Waals surface area contributed by atoms with E-state index in [-0.39, 0.29) is 0 Å². The van der Waals surface area contributed by atoms with Crippen molar-refractivity contribution in [2.24, 2.45) is 0 Å². The molecule has 5 heterocycles. The van der Waals surface area contributed by atoms with Gasteiger partial charge in [0.15, 0.2) is 0 Å². The molecular weight excluding hydrogens is 601 g/mol. The molecule has 0 aliphatic carbocycles. The molecular formula is C43H28N6. The summed E-state index contributed by atoms with van der Waals surface area (Å²) in [4.78, 5) is 25.2. The van der Waals surface area contributed by atoms with Crippen LogP contribution in [0.2, 0.25) is 0 Å². The molecule has 0 aliphatic rings. The number of hydrogen-bond acceptors (Lipinski definition) is 5. The minimum absolute atomic E-state index is 0.801. The van der Waals surface area contributed by atoms with E-state index in [9.17, 15) is 0 Å². The normalized spacial score (nSPS) is 11.3. The fraction of sp³-hybridized carbons (Fsp3) is 0. The van der Waals surface area contributed by atoms with Crippen LogP contribution in [-0.4, -0.2) is 29.5 Å². The minimum atomic E-state index is 0.801. The van der Waals surface area contributed by atoms with Crippen molar-refractivity contribution in [3.8, 4) is 62.4 Å². The van der Waals surface area contributed by atoms with E-state index in [2.05, 4.69) is 106 Å². The van der Waals surface area contributed by atoms with Crippen LogP contribution in [0, 0.1) is 0 Å². The maximum atomic E-state index is 5.52. The number of fused-ring (bicyclic) bond motifs is 2. The van der Waals surface area contributed by atoms with Crippen LogP contribution in [0.25, 0.3) is 84.2 Å². The van der Waals surface area contributed by atoms with E-state index in [0.717, 1.165) is 84.2 Å². The van der Waals surface area contributed by atoms with Gasteiger partial charge in [-0.05, 0) is 71.4 Å². The highest BCUT2D eigenvalue weighted by Crippen LogP contribution is 2.45. The molecule has 4 aromatic carbocycles. The van der Waals surface area contributed by atoms with Crippen LogP contribution < -0.4 is 0 Å². The second-order valence-electron chi connectivity index (χ2n) is 11.7. The van der Waals surface area contributed by atoms with E-state index >= 15 is 0 Å². The summed E-state index contributed by atoms with van der Waals surface area (Å²) >= 11 is 0. The molecule has 49 heavy (non-hydrogen) atoms. The average Bonchev–Trinajstić information content (AvgIpc) is 3.58. The summed E-state index contributed by atoms with van der Waals surface area (Å²) < 4.78 is 2.27. The fourth-order valence-electron chi connectivity index (χ4n) is 6.59. The van der Waals surface area contributed by atoms with Crippen LogP contribution in [0.4, 0.5) is 0 Å². The molecule has 0 aliphatic heterocycles. The predicted octanol–water partition coefficient (Wildman–Crippen LogP) is 10.1. The van der Waals surface area contributed by atoms with Gasteiger partial charge in [0.25, 0.3) is 0 Å². The lowest BCUT2D eigenvalue weighted by atomic mass is 9.93. The van der Waals surface area contributed by atoms with Crippen LogP contribution in [-0.2, 0) is 0 Å². The maximum Gasteiger partial charge on any atom is 0.145 e. The molecule has 9 rings (SSSR count). The number of benzene rings is 4. The molecule has 0 radical (unpaired) electrons. The summed E-state index contributed by atoms with van der Waals surface area (Å²) in [7, 11) is 0. The molecule has 0 saturated heterocycles. The molecule has 0 N–H and O–H groups in total. The average molecular weight is 629 g/mol. The molecule has 0 saturated carbocycles. The Balaban J connectivity index is 1.45. The SMILES string of the molecule is c1ccc(-c2nc3c(-c4cccc(-c5ccccn5)n4)c4ccccc4c(-c4cccc(-c5ccccn5)n4)c3n2-c2ccccc2)cc1. The summed E-state index contributed by atoms with van der Waals surface area (Å²) in [6.45, 7) is 0. The maximum absolute atomic E-state index is 5.52. The van der Waals surface area contributed by atoms with Crippen LogP contribution in [0.1, 0.15) is 0 Å². The fourth-order valence-corrected chi connectivity index (χ4v) is 6.59. The van der Waals surface area contributed by atoms with Crippen molar-refractivity contribution in [2.45, 2.75) is 0 Å². The first-order valence-electron chi connectivity index (χ1n) is 16.2. The Morgan fingerprint density at radius 3 is 1.45 bits per heavy atom. The number of aromatic nitrogens is 6. The third kappa shape index (κ3) is 5.03. The highest BCUT2D eigenvalue weighted by Gasteiger charge is 2.26. The first-order valence-corrected chi connectivity index (χ1v) is 16.2. The van der Waals surface area contributed by atoms with Crippen molar-refractivity contribution in [3.05, 3.63) is 170 Å². The summed E-state index contributed by atoms with van der Waals surface area (Å²) in [6.07, 6.45) is 3.60. The lowest BCUT2D eigenvalue weighted by molar-refractivity contribution is 1.10. The van der Waals surface area contributed by atoms with Crippen LogP contribution in [0.15, 0.2) is 170 Å². The number of pyridine rings is 4. The van der Waals surface area contributed by atoms with E-state index < -0.39 is 0 Å². The topological polar surface area (TPSA) is 69.4 Å². The highest BCUT2D eigenvalue weighted by atomic mass is 15.1. The zero-order valence-corrected chi connectivity index (χ0v) is 26.3. The van der Waals surface area contributed by atoms with Crippen LogP contribution in [0.3, 0.4) is 0 Å². The number of hydrogen-bond donors (Lipinski definition) is 0. The summed E-state index contributed by atoms with van der Waals surface area (Å²) in [6, 6.07) is 53.3. The van der Waals surface area contributed by atoms with Crippen LogP contribution in [0.5, 0.6) is 0 Å². The Morgan fingerprint density at radius 1 is 0.367 bits per heavy atom. The molecule has 0 spiro atoms. The van der Waals surface area contributed by atoms with Gasteiger partial charge in [-0.25, -0.2) is 15.0 Å². The molecule has 0 amide bonds. The molecule has 0 bridgehead atoms. The Morgan fingerprint density at radius 2 is 0.857 bits per heavy atom. The standard InChI is InChI=1S/C43H28N6/c1-3-15-29(16-4-1)43-48-41-39(37-25-13-23-35(46-37)33-21-9-11-27-44-33)31-19-7-8-20-32(31)40(42(41)49(43)30-17-5-2-6-18-30)38-26-14-24-36(47-38)34-22-10-12-28-45-34/h1-28H. The van der Waals surface area contributed by atoms with Crippen molar-refractivity contribution in [1.82, 2.24) is 29.5 Å². The third-order valence-electron chi connectivity index (χ3n) is 8.73. The van der Waals surface area contributed by atoms with Gasteiger partial charge in [0.05, 0.1) is 39.7 Å². The molecule has 0 fully saturated rings. The van der Waals surface area contributed by atoms with Gasteiger partial charge in [0.1, 0.15) is 11.3 Å². The first kappa shape index (κ1) is 28.4. The van der Waals surface area contributed by atoms with Crippen molar-refractivity contribution in [2.75, 3.05) is 0 Å². The third-order valence-corrected chi connectivity index (χ3v) is 8.73. The Bertz CT molecular complexity index is 2580. The van der Waals surface area contributed by atoms with Gasteiger partial charge in [-0.3, -0.25) is 14.5 Å². The van der Waals surface area contributed by atoms with Gasteiger partial charge in [-0.1, -0.05) is 97.1 Å². The molecule has 0 unspecified atom stereocenters. The molecule has 9 aromatic rings. The zero-order valence-electron chi connectivity index (χ0n) is 26.3.